The predicted molar refractivity (Wildman–Crippen MR) is 78.3 cm³/mol. The van der Waals surface area contributed by atoms with Gasteiger partial charge in [0.05, 0.1) is 0 Å². The summed E-state index contributed by atoms with van der Waals surface area (Å²) in [6.07, 6.45) is 0. The maximum absolute atomic E-state index is 5.30. The second-order valence-corrected chi connectivity index (χ2v) is 5.55. The third-order valence-corrected chi connectivity index (χ3v) is 4.00. The van der Waals surface area contributed by atoms with E-state index in [9.17, 15) is 0 Å². The molecule has 19 heavy (non-hydrogen) atoms. The second-order valence-electron chi connectivity index (χ2n) is 3.71. The topological polar surface area (TPSA) is 18.5 Å². The van der Waals surface area contributed by atoms with Crippen molar-refractivity contribution >= 4 is 19.4 Å². The van der Waals surface area contributed by atoms with Crippen LogP contribution < -0.4 is 13.9 Å². The van der Waals surface area contributed by atoms with Crippen LogP contribution in [0.4, 0.5) is 0 Å². The Bertz CT molecular complexity index is 597. The maximum atomic E-state index is 5.30. The fourth-order valence-electron chi connectivity index (χ4n) is 1.54. The molecule has 2 aromatic carbocycles. The molecule has 3 heteroatoms. The molecule has 0 amide bonds. The van der Waals surface area contributed by atoms with Crippen LogP contribution in [0.2, 0.25) is 0 Å². The number of hydrogen-bond donors (Lipinski definition) is 0. The van der Waals surface area contributed by atoms with Crippen molar-refractivity contribution in [3.05, 3.63) is 54.1 Å². The van der Waals surface area contributed by atoms with Crippen LogP contribution >= 0.6 is 0 Å². The summed E-state index contributed by atoms with van der Waals surface area (Å²) in [5, 5.41) is 0. The summed E-state index contributed by atoms with van der Waals surface area (Å²) >= 11 is 0.148. The molecule has 0 aliphatic heterocycles. The van der Waals surface area contributed by atoms with Crippen LogP contribution in [0, 0.1) is 10.7 Å². The van der Waals surface area contributed by atoms with E-state index in [0.29, 0.717) is 0 Å². The molecule has 2 rings (SSSR count). The average molecular weight is 317 g/mol. The van der Waals surface area contributed by atoms with E-state index < -0.39 is 0 Å². The number of hydrogen-bond acceptors (Lipinski definition) is 2. The van der Waals surface area contributed by atoms with Crippen LogP contribution in [0.5, 0.6) is 11.5 Å². The normalized spacial score (nSPS) is 9.37. The van der Waals surface area contributed by atoms with Crippen molar-refractivity contribution in [3.8, 4) is 22.2 Å². The third kappa shape index (κ3) is 3.79. The summed E-state index contributed by atoms with van der Waals surface area (Å²) in [6, 6.07) is 15.9. The van der Waals surface area contributed by atoms with Gasteiger partial charge in [-0.25, -0.2) is 0 Å². The number of ether oxygens (including phenoxy) is 2. The van der Waals surface area contributed by atoms with E-state index in [1.807, 2.05) is 36.4 Å². The molecule has 0 bridgehead atoms. The van der Waals surface area contributed by atoms with Crippen LogP contribution in [0.1, 0.15) is 5.56 Å². The molecule has 0 aliphatic rings. The second kappa shape index (κ2) is 6.89. The number of methoxy groups -OCH3 is 2. The van der Waals surface area contributed by atoms with Crippen LogP contribution in [-0.4, -0.2) is 29.2 Å². The molecule has 2 nitrogen and oxygen atoms in total. The van der Waals surface area contributed by atoms with Crippen LogP contribution in [0.25, 0.3) is 0 Å². The van der Waals surface area contributed by atoms with Crippen LogP contribution in [0.3, 0.4) is 0 Å². The van der Waals surface area contributed by atoms with Gasteiger partial charge in [-0.3, -0.25) is 0 Å². The Labute approximate surface area is 119 Å². The van der Waals surface area contributed by atoms with Crippen LogP contribution in [-0.2, 0) is 0 Å². The van der Waals surface area contributed by atoms with Gasteiger partial charge in [0.15, 0.2) is 0 Å². The first kappa shape index (κ1) is 13.5. The van der Waals surface area contributed by atoms with Gasteiger partial charge in [0, 0.05) is 0 Å². The molecule has 0 N–H and O–H groups in total. The van der Waals surface area contributed by atoms with Gasteiger partial charge in [-0.15, -0.1) is 0 Å². The predicted octanol–water partition coefficient (Wildman–Crippen LogP) is 2.04. The summed E-state index contributed by atoms with van der Waals surface area (Å²) in [4.78, 5) is 3.22. The molecular weight excluding hydrogens is 303 g/mol. The molecule has 0 aromatic heterocycles. The molecule has 0 unspecified atom stereocenters. The molecule has 0 aliphatic carbocycles. The first-order chi connectivity index (χ1) is 9.33. The molecule has 0 saturated carbocycles. The van der Waals surface area contributed by atoms with Crippen molar-refractivity contribution in [2.24, 2.45) is 0 Å². The van der Waals surface area contributed by atoms with E-state index in [-0.39, 0.29) is 15.0 Å². The van der Waals surface area contributed by atoms with E-state index in [1.54, 1.807) is 14.2 Å². The molecule has 96 valence electrons. The third-order valence-electron chi connectivity index (χ3n) is 2.50. The zero-order valence-electron chi connectivity index (χ0n) is 10.8. The minimum atomic E-state index is 0.148. The van der Waals surface area contributed by atoms with E-state index in [4.69, 9.17) is 9.47 Å². The molecule has 2 aromatic rings. The van der Waals surface area contributed by atoms with E-state index in [0.717, 1.165) is 17.1 Å². The monoisotopic (exact) mass is 318 g/mol. The van der Waals surface area contributed by atoms with Gasteiger partial charge in [-0.05, 0) is 0 Å². The Hall–Kier alpha value is -1.88. The number of rotatable bonds is 3. The van der Waals surface area contributed by atoms with Gasteiger partial charge in [0.25, 0.3) is 0 Å². The minimum absolute atomic E-state index is 0.148. The van der Waals surface area contributed by atoms with Crippen molar-refractivity contribution in [2.45, 2.75) is 0 Å². The fraction of sp³-hybridized carbons (Fsp3) is 0.125. The SMILES string of the molecule is COc1ccc(OC)c(C#C[Se]c2ccccc2)c1. The van der Waals surface area contributed by atoms with E-state index in [1.165, 1.54) is 4.46 Å². The number of benzene rings is 2. The molecule has 0 spiro atoms. The molecule has 0 atom stereocenters. The van der Waals surface area contributed by atoms with Gasteiger partial charge in [0.2, 0.25) is 0 Å². The first-order valence-electron chi connectivity index (χ1n) is 5.78. The van der Waals surface area contributed by atoms with Gasteiger partial charge in [0.1, 0.15) is 0 Å². The zero-order chi connectivity index (χ0) is 13.5. The van der Waals surface area contributed by atoms with Gasteiger partial charge < -0.3 is 0 Å². The van der Waals surface area contributed by atoms with E-state index >= 15 is 0 Å². The fourth-order valence-corrected chi connectivity index (χ4v) is 2.74. The Kier molecular flexibility index (Phi) is 4.92. The summed E-state index contributed by atoms with van der Waals surface area (Å²) in [6.45, 7) is 0. The van der Waals surface area contributed by atoms with Crippen LogP contribution in [0.15, 0.2) is 48.5 Å². The van der Waals surface area contributed by atoms with Gasteiger partial charge in [-0.2, -0.15) is 0 Å². The van der Waals surface area contributed by atoms with Crippen molar-refractivity contribution in [1.29, 1.82) is 0 Å². The quantitative estimate of drug-likeness (QED) is 0.637. The Balaban J connectivity index is 2.18. The Morgan fingerprint density at radius 2 is 1.74 bits per heavy atom. The van der Waals surface area contributed by atoms with Crippen molar-refractivity contribution in [2.75, 3.05) is 14.2 Å². The van der Waals surface area contributed by atoms with Crippen molar-refractivity contribution in [1.82, 2.24) is 0 Å². The summed E-state index contributed by atoms with van der Waals surface area (Å²) in [7, 11) is 3.29. The van der Waals surface area contributed by atoms with E-state index in [2.05, 4.69) is 22.9 Å². The summed E-state index contributed by atoms with van der Waals surface area (Å²) in [5.41, 5.74) is 0.861. The molecular formula is C16H14O2Se. The average Bonchev–Trinajstić information content (AvgIpc) is 2.48. The van der Waals surface area contributed by atoms with Crippen molar-refractivity contribution in [3.63, 3.8) is 0 Å². The Morgan fingerprint density at radius 1 is 0.947 bits per heavy atom. The summed E-state index contributed by atoms with van der Waals surface area (Å²) in [5.74, 6) is 4.72. The first-order valence-corrected chi connectivity index (χ1v) is 7.49. The zero-order valence-corrected chi connectivity index (χ0v) is 12.6. The van der Waals surface area contributed by atoms with Gasteiger partial charge >= 0.3 is 119 Å². The van der Waals surface area contributed by atoms with Crippen molar-refractivity contribution < 1.29 is 9.47 Å². The molecule has 0 fully saturated rings. The molecule has 0 heterocycles. The molecule has 0 saturated heterocycles. The van der Waals surface area contributed by atoms with Gasteiger partial charge in [-0.1, -0.05) is 0 Å². The summed E-state index contributed by atoms with van der Waals surface area (Å²) < 4.78 is 11.8. The molecule has 0 radical (unpaired) electrons. The standard InChI is InChI=1S/C16H14O2Se/c1-17-14-8-9-16(18-2)13(12-14)10-11-19-15-6-4-3-5-7-15/h3-9,12H,1-2H3. The Morgan fingerprint density at radius 3 is 2.42 bits per heavy atom.